The first kappa shape index (κ1) is 8.90. The number of hydrogen-bond acceptors (Lipinski definition) is 3. The van der Waals surface area contributed by atoms with Gasteiger partial charge < -0.3 is 5.32 Å². The topological polar surface area (TPSA) is 49.4 Å². The summed E-state index contributed by atoms with van der Waals surface area (Å²) in [5.74, 6) is -0.878. The Hall–Kier alpha value is -1.68. The number of carbonyl (C=O) groups excluding carboxylic acids is 2. The van der Waals surface area contributed by atoms with Gasteiger partial charge in [0.25, 0.3) is 5.78 Å². The van der Waals surface area contributed by atoms with Crippen LogP contribution in [0.5, 0.6) is 0 Å². The largest absolute Gasteiger partial charge is 0.303 e. The summed E-state index contributed by atoms with van der Waals surface area (Å²) >= 11 is 0. The van der Waals surface area contributed by atoms with Crippen molar-refractivity contribution in [2.24, 2.45) is 0 Å². The molecule has 0 unspecified atom stereocenters. The third-order valence-corrected chi connectivity index (χ3v) is 2.20. The number of fused-ring (bicyclic) bond motifs is 1. The Morgan fingerprint density at radius 1 is 1.29 bits per heavy atom. The van der Waals surface area contributed by atoms with Crippen molar-refractivity contribution in [1.82, 2.24) is 5.32 Å². The number of para-hydroxylation sites is 1. The Balaban J connectivity index is 2.48. The number of Topliss-reactive ketones (excluding diaryl/α,β-unsaturated/α-hetero) is 1. The number of hydrogen-bond donors (Lipinski definition) is 1. The Morgan fingerprint density at radius 2 is 2.00 bits per heavy atom. The Labute approximate surface area is 81.5 Å². The van der Waals surface area contributed by atoms with Crippen LogP contribution in [0, 0.1) is 0 Å². The molecule has 0 aliphatic carbocycles. The van der Waals surface area contributed by atoms with E-state index in [-0.39, 0.29) is 0 Å². The van der Waals surface area contributed by atoms with Crippen molar-refractivity contribution in [2.45, 2.75) is 0 Å². The molecule has 0 spiro atoms. The van der Waals surface area contributed by atoms with Gasteiger partial charge in [-0.05, 0) is 19.2 Å². The molecule has 1 amide bonds. The predicted molar refractivity (Wildman–Crippen MR) is 52.2 cm³/mol. The van der Waals surface area contributed by atoms with Gasteiger partial charge in [-0.15, -0.1) is 0 Å². The fourth-order valence-electron chi connectivity index (χ4n) is 1.56. The molecule has 14 heavy (non-hydrogen) atoms. The average Bonchev–Trinajstić information content (AvgIpc) is 2.45. The first-order chi connectivity index (χ1) is 6.75. The fourth-order valence-corrected chi connectivity index (χ4v) is 1.56. The van der Waals surface area contributed by atoms with Crippen molar-refractivity contribution in [3.63, 3.8) is 0 Å². The lowest BCUT2D eigenvalue weighted by Gasteiger charge is -2.14. The molecule has 0 bridgehead atoms. The minimum absolute atomic E-state index is 0.363. The van der Waals surface area contributed by atoms with E-state index in [9.17, 15) is 9.59 Å². The predicted octanol–water partition coefficient (Wildman–Crippen LogP) is 0.393. The molecule has 0 aromatic heterocycles. The highest BCUT2D eigenvalue weighted by molar-refractivity contribution is 6.52. The number of nitrogens with zero attached hydrogens (tertiary/aromatic N) is 1. The Morgan fingerprint density at radius 3 is 2.71 bits per heavy atom. The fraction of sp³-hybridized carbons (Fsp3) is 0.200. The van der Waals surface area contributed by atoms with Crippen LogP contribution >= 0.6 is 0 Å². The molecule has 1 aliphatic heterocycles. The van der Waals surface area contributed by atoms with Crippen molar-refractivity contribution in [1.29, 1.82) is 0 Å². The number of carbonyl (C=O) groups is 2. The highest BCUT2D eigenvalue weighted by atomic mass is 16.2. The monoisotopic (exact) mass is 190 g/mol. The molecule has 72 valence electrons. The highest BCUT2D eigenvalue weighted by Crippen LogP contribution is 2.27. The lowest BCUT2D eigenvalue weighted by molar-refractivity contribution is -0.114. The van der Waals surface area contributed by atoms with Gasteiger partial charge in [0.1, 0.15) is 0 Å². The summed E-state index contributed by atoms with van der Waals surface area (Å²) in [6.07, 6.45) is 0. The molecular formula is C10H10N2O2. The van der Waals surface area contributed by atoms with E-state index in [0.29, 0.717) is 17.9 Å². The summed E-state index contributed by atoms with van der Waals surface area (Å²) in [5, 5.41) is 2.85. The van der Waals surface area contributed by atoms with Gasteiger partial charge in [-0.3, -0.25) is 14.5 Å². The maximum absolute atomic E-state index is 11.5. The van der Waals surface area contributed by atoms with Gasteiger partial charge in [0, 0.05) is 0 Å². The van der Waals surface area contributed by atoms with Crippen LogP contribution in [-0.4, -0.2) is 25.4 Å². The van der Waals surface area contributed by atoms with Crippen LogP contribution in [0.25, 0.3) is 0 Å². The second-order valence-corrected chi connectivity index (χ2v) is 3.09. The first-order valence-corrected chi connectivity index (χ1v) is 4.35. The number of rotatable bonds is 2. The zero-order chi connectivity index (χ0) is 10.1. The minimum Gasteiger partial charge on any atom is -0.303 e. The molecular weight excluding hydrogens is 180 g/mol. The lowest BCUT2D eigenvalue weighted by Crippen LogP contribution is -2.36. The van der Waals surface area contributed by atoms with Crippen LogP contribution < -0.4 is 10.2 Å². The number of benzene rings is 1. The van der Waals surface area contributed by atoms with Gasteiger partial charge in [0.15, 0.2) is 0 Å². The number of amides is 1. The smallest absolute Gasteiger partial charge is 0.300 e. The first-order valence-electron chi connectivity index (χ1n) is 4.35. The third-order valence-electron chi connectivity index (χ3n) is 2.20. The molecule has 1 aliphatic rings. The van der Waals surface area contributed by atoms with Crippen molar-refractivity contribution in [3.05, 3.63) is 29.8 Å². The van der Waals surface area contributed by atoms with Crippen molar-refractivity contribution >= 4 is 17.4 Å². The SMILES string of the molecule is CNCN1C(=O)C(=O)c2ccccc21. The van der Waals surface area contributed by atoms with Crippen LogP contribution in [0.1, 0.15) is 10.4 Å². The molecule has 1 aromatic carbocycles. The van der Waals surface area contributed by atoms with Gasteiger partial charge in [-0.2, -0.15) is 0 Å². The summed E-state index contributed by atoms with van der Waals surface area (Å²) < 4.78 is 0. The molecule has 1 N–H and O–H groups in total. The standard InChI is InChI=1S/C10H10N2O2/c1-11-6-12-8-5-3-2-4-7(8)9(13)10(12)14/h2-5,11H,6H2,1H3. The van der Waals surface area contributed by atoms with E-state index in [1.165, 1.54) is 4.90 Å². The molecule has 1 heterocycles. The average molecular weight is 190 g/mol. The molecule has 2 rings (SSSR count). The van der Waals surface area contributed by atoms with E-state index in [4.69, 9.17) is 0 Å². The molecule has 0 radical (unpaired) electrons. The van der Waals surface area contributed by atoms with Crippen molar-refractivity contribution in [3.8, 4) is 0 Å². The zero-order valence-electron chi connectivity index (χ0n) is 7.78. The second-order valence-electron chi connectivity index (χ2n) is 3.09. The maximum atomic E-state index is 11.5. The molecule has 0 fully saturated rings. The van der Waals surface area contributed by atoms with Crippen LogP contribution in [0.15, 0.2) is 24.3 Å². The summed E-state index contributed by atoms with van der Waals surface area (Å²) in [4.78, 5) is 24.4. The Bertz CT molecular complexity index is 401. The van der Waals surface area contributed by atoms with E-state index >= 15 is 0 Å². The zero-order valence-corrected chi connectivity index (χ0v) is 7.78. The van der Waals surface area contributed by atoms with E-state index < -0.39 is 11.7 Å². The van der Waals surface area contributed by atoms with Gasteiger partial charge in [0.2, 0.25) is 0 Å². The van der Waals surface area contributed by atoms with E-state index in [2.05, 4.69) is 5.32 Å². The van der Waals surface area contributed by atoms with Crippen LogP contribution in [0.2, 0.25) is 0 Å². The lowest BCUT2D eigenvalue weighted by atomic mass is 10.1. The second kappa shape index (κ2) is 3.23. The maximum Gasteiger partial charge on any atom is 0.300 e. The number of ketones is 1. The minimum atomic E-state index is -0.458. The number of anilines is 1. The molecule has 4 nitrogen and oxygen atoms in total. The van der Waals surface area contributed by atoms with Crippen LogP contribution in [-0.2, 0) is 4.79 Å². The summed E-state index contributed by atoms with van der Waals surface area (Å²) in [7, 11) is 1.73. The molecule has 4 heteroatoms. The van der Waals surface area contributed by atoms with Crippen LogP contribution in [0.4, 0.5) is 5.69 Å². The van der Waals surface area contributed by atoms with Crippen molar-refractivity contribution in [2.75, 3.05) is 18.6 Å². The van der Waals surface area contributed by atoms with E-state index in [1.807, 2.05) is 6.07 Å². The van der Waals surface area contributed by atoms with Gasteiger partial charge in [-0.25, -0.2) is 0 Å². The molecule has 0 saturated heterocycles. The molecule has 1 aromatic rings. The highest BCUT2D eigenvalue weighted by Gasteiger charge is 2.34. The Kier molecular flexibility index (Phi) is 2.05. The third kappa shape index (κ3) is 1.12. The normalized spacial score (nSPS) is 14.8. The van der Waals surface area contributed by atoms with E-state index in [1.54, 1.807) is 25.2 Å². The quantitative estimate of drug-likeness (QED) is 0.686. The van der Waals surface area contributed by atoms with Crippen molar-refractivity contribution < 1.29 is 9.59 Å². The summed E-state index contributed by atoms with van der Waals surface area (Å²) in [5.41, 5.74) is 1.18. The van der Waals surface area contributed by atoms with Gasteiger partial charge >= 0.3 is 5.91 Å². The van der Waals surface area contributed by atoms with Gasteiger partial charge in [0.05, 0.1) is 17.9 Å². The summed E-state index contributed by atoms with van der Waals surface area (Å²) in [6, 6.07) is 7.01. The number of nitrogens with one attached hydrogen (secondary N) is 1. The molecule has 0 atom stereocenters. The van der Waals surface area contributed by atoms with E-state index in [0.717, 1.165) is 0 Å². The molecule has 0 saturated carbocycles. The van der Waals surface area contributed by atoms with Gasteiger partial charge in [-0.1, -0.05) is 12.1 Å². The van der Waals surface area contributed by atoms with Crippen LogP contribution in [0.3, 0.4) is 0 Å². The summed E-state index contributed by atoms with van der Waals surface area (Å²) in [6.45, 7) is 0.363.